The summed E-state index contributed by atoms with van der Waals surface area (Å²) in [7, 11) is 3.01. The van der Waals surface area contributed by atoms with E-state index in [1.165, 1.54) is 48.6 Å². The number of nitrogens with two attached hydrogens (primary N) is 1. The SMILES string of the molecule is CC(=O)N[C@H]1[C@@H]2OC[C@](COCCOCCOCCOCCn3cc(COCC(COCC(C=NCCOCCOCCOCCOC[C@@]45CO[C@@H](O4)[C@H](NC(C)=O)[C@@H](O)[C@H]5O)=NN)(COCc4cn(CCOCCOCCOCCOC[C@@]56CO[C@@H](O5)[C@H](NC(C)=O)[C@@H](O)[C@H]6O)nn4)NC(=O)CCCCCNC(=O)OCCSSc4ccccn4)nn3)(O2)[C@H](O)[C@@H]1O. The number of carbonyl (C=O) groups is 5. The molecule has 0 saturated carbocycles. The molecule has 0 aliphatic carbocycles. The lowest BCUT2D eigenvalue weighted by atomic mass is 9.88. The van der Waals surface area contributed by atoms with Gasteiger partial charge in [0, 0.05) is 51.9 Å². The number of aliphatic hydroxyl groups excluding tert-OH is 6. The van der Waals surface area contributed by atoms with Gasteiger partial charge >= 0.3 is 6.09 Å². The van der Waals surface area contributed by atoms with Crippen molar-refractivity contribution in [1.29, 1.82) is 0 Å². The van der Waals surface area contributed by atoms with Gasteiger partial charge in [-0.15, -0.1) is 10.2 Å². The summed E-state index contributed by atoms with van der Waals surface area (Å²) in [5, 5.41) is 99.7. The Kier molecular flexibility index (Phi) is 47.4. The molecule has 0 radical (unpaired) electrons. The highest BCUT2D eigenvalue weighted by molar-refractivity contribution is 8.76. The largest absolute Gasteiger partial charge is 0.449 e. The van der Waals surface area contributed by atoms with Gasteiger partial charge in [0.25, 0.3) is 0 Å². The lowest BCUT2D eigenvalue weighted by Crippen LogP contribution is -2.66. The van der Waals surface area contributed by atoms with Crippen molar-refractivity contribution in [2.45, 2.75) is 174 Å². The first-order valence-electron chi connectivity index (χ1n) is 42.5. The van der Waals surface area contributed by atoms with E-state index in [0.29, 0.717) is 69.3 Å². The van der Waals surface area contributed by atoms with Crippen molar-refractivity contribution in [2.24, 2.45) is 15.9 Å². The third kappa shape index (κ3) is 35.7. The topological polar surface area (TPSA) is 595 Å². The number of alkyl carbamates (subject to hydrolysis) is 1. The van der Waals surface area contributed by atoms with E-state index in [1.54, 1.807) is 28.0 Å². The summed E-state index contributed by atoms with van der Waals surface area (Å²) >= 11 is 0. The Bertz CT molecular complexity index is 3610. The Labute approximate surface area is 748 Å². The molecule has 6 fully saturated rings. The highest BCUT2D eigenvalue weighted by Crippen LogP contribution is 2.40. The maximum absolute atomic E-state index is 14.2. The third-order valence-corrected chi connectivity index (χ3v) is 22.5. The first-order chi connectivity index (χ1) is 62.1. The van der Waals surface area contributed by atoms with Gasteiger partial charge in [-0.1, -0.05) is 33.7 Å². The summed E-state index contributed by atoms with van der Waals surface area (Å²) in [4.78, 5) is 70.2. The summed E-state index contributed by atoms with van der Waals surface area (Å²) in [6, 6.07) is 2.89. The van der Waals surface area contributed by atoms with Crippen LogP contribution in [0.15, 0.2) is 51.9 Å². The predicted molar refractivity (Wildman–Crippen MR) is 446 cm³/mol. The number of nitrogens with one attached hydrogen (secondary N) is 5. The molecule has 16 atom stereocenters. The average Bonchev–Trinajstić information content (AvgIpc) is 1.61. The van der Waals surface area contributed by atoms with Gasteiger partial charge in [0.1, 0.15) is 106 Å². The fourth-order valence-corrected chi connectivity index (χ4v) is 15.5. The fraction of sp³-hybridized carbons (Fsp3) is 0.795. The van der Waals surface area contributed by atoms with Gasteiger partial charge < -0.3 is 167 Å². The minimum Gasteiger partial charge on any atom is -0.449 e. The minimum atomic E-state index is -1.37. The highest BCUT2D eigenvalue weighted by Gasteiger charge is 2.62. The molecule has 50 heteroatoms. The fourth-order valence-electron chi connectivity index (χ4n) is 13.8. The Balaban J connectivity index is 0.701. The Hall–Kier alpha value is -6.66. The Morgan fingerprint density at radius 3 is 1.36 bits per heavy atom. The molecule has 6 aliphatic rings. The van der Waals surface area contributed by atoms with Crippen LogP contribution in [0, 0.1) is 0 Å². The van der Waals surface area contributed by atoms with E-state index < -0.39 is 120 Å². The van der Waals surface area contributed by atoms with E-state index in [9.17, 15) is 54.6 Å². The third-order valence-electron chi connectivity index (χ3n) is 20.3. The zero-order valence-corrected chi connectivity index (χ0v) is 74.1. The van der Waals surface area contributed by atoms with Crippen LogP contribution < -0.4 is 32.4 Å². The van der Waals surface area contributed by atoms with Crippen LogP contribution in [-0.2, 0) is 150 Å². The molecule has 6 bridgehead atoms. The van der Waals surface area contributed by atoms with E-state index in [-0.39, 0.29) is 236 Å². The summed E-state index contributed by atoms with van der Waals surface area (Å²) in [5.41, 5.74) is -4.02. The van der Waals surface area contributed by atoms with Crippen LogP contribution in [0.1, 0.15) is 57.8 Å². The van der Waals surface area contributed by atoms with Gasteiger partial charge in [-0.25, -0.2) is 19.1 Å². The number of ether oxygens (including phenoxy) is 22. The van der Waals surface area contributed by atoms with Crippen LogP contribution in [0.5, 0.6) is 0 Å². The van der Waals surface area contributed by atoms with Crippen molar-refractivity contribution in [1.82, 2.24) is 61.6 Å². The molecule has 9 rings (SSSR count). The first-order valence-corrected chi connectivity index (χ1v) is 44.9. The zero-order valence-electron chi connectivity index (χ0n) is 72.5. The van der Waals surface area contributed by atoms with Crippen molar-refractivity contribution in [3.8, 4) is 0 Å². The molecular weight excluding hydrogens is 1740 g/mol. The molecule has 724 valence electrons. The summed E-state index contributed by atoms with van der Waals surface area (Å²) in [5.74, 6) is 4.90. The van der Waals surface area contributed by atoms with Crippen LogP contribution in [0.4, 0.5) is 4.79 Å². The number of aromatic nitrogens is 7. The number of aliphatic imine (C=N–C) groups is 1. The molecule has 5 amide bonds. The normalized spacial score (nSPS) is 25.8. The van der Waals surface area contributed by atoms with E-state index in [2.05, 4.69) is 62.3 Å². The number of amides is 5. The molecule has 3 aromatic rings. The van der Waals surface area contributed by atoms with Gasteiger partial charge in [0.2, 0.25) is 23.6 Å². The number of hydrogen-bond acceptors (Lipinski definition) is 43. The van der Waals surface area contributed by atoms with Crippen molar-refractivity contribution in [3.63, 3.8) is 0 Å². The molecule has 1 unspecified atom stereocenters. The molecular formula is C78H127N15O33S2. The Morgan fingerprint density at radius 1 is 0.531 bits per heavy atom. The first kappa shape index (κ1) is 105. The van der Waals surface area contributed by atoms with Crippen molar-refractivity contribution in [2.75, 3.05) is 230 Å². The smallest absolute Gasteiger partial charge is 0.407 e. The molecule has 3 aromatic heterocycles. The minimum absolute atomic E-state index is 0.0212. The van der Waals surface area contributed by atoms with Gasteiger partial charge in [-0.2, -0.15) is 5.10 Å². The molecule has 9 heterocycles. The number of hydrogen-bond donors (Lipinski definition) is 12. The number of fused-ring (bicyclic) bond motifs is 6. The molecule has 0 aromatic carbocycles. The summed E-state index contributed by atoms with van der Waals surface area (Å²) in [6.45, 7) is 9.74. The van der Waals surface area contributed by atoms with Crippen LogP contribution in [0.3, 0.4) is 0 Å². The van der Waals surface area contributed by atoms with Crippen LogP contribution in [0.2, 0.25) is 0 Å². The van der Waals surface area contributed by atoms with Crippen LogP contribution >= 0.6 is 21.6 Å². The van der Waals surface area contributed by atoms with E-state index in [1.807, 2.05) is 18.2 Å². The van der Waals surface area contributed by atoms with E-state index in [4.69, 9.17) is 110 Å². The maximum atomic E-state index is 14.2. The van der Waals surface area contributed by atoms with Gasteiger partial charge in [-0.3, -0.25) is 24.2 Å². The number of hydrazone groups is 1. The number of rotatable bonds is 70. The van der Waals surface area contributed by atoms with Crippen LogP contribution in [0.25, 0.3) is 0 Å². The summed E-state index contributed by atoms with van der Waals surface area (Å²) < 4.78 is 130. The molecule has 0 spiro atoms. The van der Waals surface area contributed by atoms with Crippen LogP contribution in [-0.4, -0.2) is 433 Å². The van der Waals surface area contributed by atoms with Crippen molar-refractivity contribution in [3.05, 3.63) is 48.2 Å². The molecule has 48 nitrogen and oxygen atoms in total. The van der Waals surface area contributed by atoms with E-state index >= 15 is 0 Å². The number of pyridine rings is 1. The van der Waals surface area contributed by atoms with Gasteiger partial charge in [0.15, 0.2) is 18.9 Å². The Morgan fingerprint density at radius 2 is 0.945 bits per heavy atom. The maximum Gasteiger partial charge on any atom is 0.407 e. The lowest BCUT2D eigenvalue weighted by Gasteiger charge is -2.42. The second-order valence-corrected chi connectivity index (χ2v) is 33.0. The molecule has 6 aliphatic heterocycles. The second kappa shape index (κ2) is 57.7. The predicted octanol–water partition coefficient (Wildman–Crippen LogP) is -4.76. The average molecular weight is 1870 g/mol. The van der Waals surface area contributed by atoms with Gasteiger partial charge in [0.05, 0.1) is 250 Å². The monoisotopic (exact) mass is 1870 g/mol. The van der Waals surface area contributed by atoms with Crippen molar-refractivity contribution < 1.29 is 159 Å². The number of aliphatic hydroxyl groups is 6. The standard InChI is InChI=1S/C78H127N15O33S2/c1-54(94)83-62-65(98)68(101)76(51-121-71(62)124-76)48-114-34-31-111-28-25-108-22-19-105-16-13-80-39-57(87-79)42-117-45-75(86-60(97)9-5-4-7-12-82-74(104)120-37-38-127-128-61-10-6-8-11-81-61,46-118-43-58-40-92(90-88-58)14-17-106-20-23-109-26-29-112-32-35-115-49-77-52-122-72(125-77)63(84-55(2)95)66(99)69(77)102)47-119-44-59-41-93(91-89-59)15-18-107-21-24-110-27-30-113-33-36-116-50-78-53-123-73(126-78)64(85-56(3)96)67(100)70(78)103/h6,8,10-11,39-41,62-73,98-103H,4-5,7,9,12-38,42-53,79H2,1-3H3,(H,82,104)(H,83,94)(H,84,95)(H,85,96)(H,86,97)/t62-,63-,64-,65-,66-,67-,68-,69-,70-,71+,72-,73+,75?,76+,77+,78+/m1/s1. The number of carbonyl (C=O) groups excluding carboxylic acids is 5. The molecule has 6 saturated heterocycles. The van der Waals surface area contributed by atoms with Gasteiger partial charge in [-0.05, 0) is 35.8 Å². The zero-order chi connectivity index (χ0) is 91.1. The number of nitrogens with zero attached hydrogens (tertiary/aromatic N) is 9. The van der Waals surface area contributed by atoms with E-state index in [0.717, 1.165) is 5.03 Å². The summed E-state index contributed by atoms with van der Waals surface area (Å²) in [6.07, 6.45) is -3.00. The molecule has 13 N–H and O–H groups in total. The molecule has 128 heavy (non-hydrogen) atoms. The van der Waals surface area contributed by atoms with Crippen molar-refractivity contribution >= 4 is 63.2 Å². The highest BCUT2D eigenvalue weighted by atomic mass is 33.1. The number of unbranched alkanes of at least 4 members (excludes halogenated alkanes) is 2. The lowest BCUT2D eigenvalue weighted by molar-refractivity contribution is -0.238. The second-order valence-electron chi connectivity index (χ2n) is 30.6. The quantitative estimate of drug-likeness (QED) is 0.00830.